The van der Waals surface area contributed by atoms with E-state index in [1.54, 1.807) is 34.6 Å². The molecule has 0 heterocycles. The summed E-state index contributed by atoms with van der Waals surface area (Å²) in [5.41, 5.74) is 1.33. The molecule has 0 aromatic carbocycles. The predicted octanol–water partition coefficient (Wildman–Crippen LogP) is 2.34. The van der Waals surface area contributed by atoms with Gasteiger partial charge in [-0.05, 0) is 48.5 Å². The first kappa shape index (κ1) is 50.5. The van der Waals surface area contributed by atoms with Gasteiger partial charge in [-0.3, -0.25) is 9.59 Å². The van der Waals surface area contributed by atoms with E-state index in [2.05, 4.69) is 50.0 Å². The zero-order chi connectivity index (χ0) is 35.4. The lowest BCUT2D eigenvalue weighted by molar-refractivity contribution is -0.151. The number of esters is 5. The smallest absolute Gasteiger partial charge is 0.333 e. The summed E-state index contributed by atoms with van der Waals surface area (Å²) >= 11 is 0. The molecule has 0 saturated carbocycles. The van der Waals surface area contributed by atoms with Crippen LogP contribution in [0.25, 0.3) is 0 Å². The van der Waals surface area contributed by atoms with Gasteiger partial charge < -0.3 is 39.0 Å². The van der Waals surface area contributed by atoms with Crippen molar-refractivity contribution in [1.82, 2.24) is 0 Å². The fourth-order valence-corrected chi connectivity index (χ4v) is 1.57. The van der Waals surface area contributed by atoms with Crippen LogP contribution in [0, 0.1) is 0 Å². The summed E-state index contributed by atoms with van der Waals surface area (Å²) < 4.78 is 23.0. The minimum Gasteiger partial charge on any atom is -0.462 e. The second-order valence-electron chi connectivity index (χ2n) is 9.06. The summed E-state index contributed by atoms with van der Waals surface area (Å²) in [5, 5.41) is 25.3. The number of aliphatic hydroxyl groups excluding tert-OH is 3. The predicted molar refractivity (Wildman–Crippen MR) is 167 cm³/mol. The first-order valence-corrected chi connectivity index (χ1v) is 13.1. The van der Waals surface area contributed by atoms with Gasteiger partial charge in [0, 0.05) is 22.3 Å². The van der Waals surface area contributed by atoms with E-state index >= 15 is 0 Å². The Morgan fingerprint density at radius 2 is 1.00 bits per heavy atom. The molecule has 0 amide bonds. The molecule has 14 nitrogen and oxygen atoms in total. The summed E-state index contributed by atoms with van der Waals surface area (Å²) in [5.74, 6) is -2.78. The molecule has 3 N–H and O–H groups in total. The molecule has 0 radical (unpaired) electrons. The number of carbonyl (C=O) groups excluding carboxylic acids is 6. The van der Waals surface area contributed by atoms with Gasteiger partial charge in [0.1, 0.15) is 44.7 Å². The van der Waals surface area contributed by atoms with Gasteiger partial charge in [-0.15, -0.1) is 0 Å². The number of ether oxygens (including phenoxy) is 5. The van der Waals surface area contributed by atoms with E-state index in [1.165, 1.54) is 13.8 Å². The van der Waals surface area contributed by atoms with Gasteiger partial charge in [-0.25, -0.2) is 19.2 Å². The lowest BCUT2D eigenvalue weighted by Gasteiger charge is -2.08. The summed E-state index contributed by atoms with van der Waals surface area (Å²) in [4.78, 5) is 63.9. The summed E-state index contributed by atoms with van der Waals surface area (Å²) in [6.45, 7) is 23.8. The third kappa shape index (κ3) is 39.9. The molecule has 14 heteroatoms. The molecular weight excluding hydrogens is 596 g/mol. The maximum atomic E-state index is 10.8. The van der Waals surface area contributed by atoms with Crippen LogP contribution >= 0.6 is 0 Å². The van der Waals surface area contributed by atoms with Crippen LogP contribution in [0.2, 0.25) is 0 Å². The van der Waals surface area contributed by atoms with Crippen molar-refractivity contribution < 1.29 is 67.8 Å². The average molecular weight is 649 g/mol. The Morgan fingerprint density at radius 3 is 1.33 bits per heavy atom. The highest BCUT2D eigenvalue weighted by molar-refractivity contribution is 5.94. The van der Waals surface area contributed by atoms with E-state index in [9.17, 15) is 28.8 Å². The van der Waals surface area contributed by atoms with Crippen molar-refractivity contribution in [3.63, 3.8) is 0 Å². The molecule has 0 aliphatic heterocycles. The summed E-state index contributed by atoms with van der Waals surface area (Å²) in [6, 6.07) is 0. The van der Waals surface area contributed by atoms with Crippen molar-refractivity contribution in [3.8, 4) is 0 Å². The van der Waals surface area contributed by atoms with E-state index in [0.29, 0.717) is 16.7 Å². The molecule has 0 aliphatic rings. The highest BCUT2D eigenvalue weighted by Gasteiger charge is 2.08. The Bertz CT molecular complexity index is 979. The first-order chi connectivity index (χ1) is 20.2. The van der Waals surface area contributed by atoms with E-state index in [1.807, 2.05) is 0 Å². The standard InChI is InChI=1S/C10H14O5.2C7H12O3.C6H10O3.CH4/c1-7(2)10(13)15-5-4-14-9(12)6-8(3)11;1-5(2)7(9)10-4-6(3)8;1-5(2)7(9)10-6(3)4-8;1-5(2)6(8)9-4-3-7;/h1,4-6H2,2-3H3;2*6,8H,1,4H2,2-3H3;7H,1,3-4H2,2H3;1H4. The lowest BCUT2D eigenvalue weighted by atomic mass is 10.3. The Hall–Kier alpha value is -4.14. The Labute approximate surface area is 266 Å². The van der Waals surface area contributed by atoms with Crippen molar-refractivity contribution in [2.24, 2.45) is 0 Å². The highest BCUT2D eigenvalue weighted by Crippen LogP contribution is 1.97. The Morgan fingerprint density at radius 1 is 0.622 bits per heavy atom. The number of carbonyl (C=O) groups is 6. The second kappa shape index (κ2) is 31.3. The van der Waals surface area contributed by atoms with Crippen molar-refractivity contribution >= 4 is 35.6 Å². The quantitative estimate of drug-likeness (QED) is 0.0765. The fourth-order valence-electron chi connectivity index (χ4n) is 1.57. The molecule has 0 bridgehead atoms. The van der Waals surface area contributed by atoms with E-state index in [-0.39, 0.29) is 64.8 Å². The maximum Gasteiger partial charge on any atom is 0.333 e. The molecule has 2 unspecified atom stereocenters. The maximum absolute atomic E-state index is 10.8. The van der Waals surface area contributed by atoms with Gasteiger partial charge in [0.25, 0.3) is 0 Å². The molecule has 0 fully saturated rings. The Balaban J connectivity index is -0.000000160. The van der Waals surface area contributed by atoms with Crippen LogP contribution in [0.5, 0.6) is 0 Å². The van der Waals surface area contributed by atoms with Crippen LogP contribution in [0.1, 0.15) is 62.3 Å². The van der Waals surface area contributed by atoms with Crippen molar-refractivity contribution in [2.75, 3.05) is 39.6 Å². The van der Waals surface area contributed by atoms with Crippen LogP contribution in [-0.4, -0.2) is 103 Å². The van der Waals surface area contributed by atoms with Crippen LogP contribution in [0.4, 0.5) is 0 Å². The molecule has 0 aromatic rings. The average Bonchev–Trinajstić information content (AvgIpc) is 2.92. The fraction of sp³-hybridized carbons (Fsp3) is 0.548. The van der Waals surface area contributed by atoms with Crippen molar-refractivity contribution in [3.05, 3.63) is 48.6 Å². The monoisotopic (exact) mass is 648 g/mol. The van der Waals surface area contributed by atoms with Gasteiger partial charge in [-0.2, -0.15) is 0 Å². The zero-order valence-electron chi connectivity index (χ0n) is 26.8. The van der Waals surface area contributed by atoms with Crippen LogP contribution in [0.3, 0.4) is 0 Å². The topological polar surface area (TPSA) is 209 Å². The van der Waals surface area contributed by atoms with Gasteiger partial charge in [0.05, 0.1) is 19.3 Å². The van der Waals surface area contributed by atoms with Crippen molar-refractivity contribution in [1.29, 1.82) is 0 Å². The minimum absolute atomic E-state index is 0. The second-order valence-corrected chi connectivity index (χ2v) is 9.06. The van der Waals surface area contributed by atoms with Crippen LogP contribution in [-0.2, 0) is 52.5 Å². The number of aliphatic hydroxyl groups is 3. The largest absolute Gasteiger partial charge is 0.462 e. The molecule has 0 aliphatic carbocycles. The summed E-state index contributed by atoms with van der Waals surface area (Å²) in [7, 11) is 0. The zero-order valence-corrected chi connectivity index (χ0v) is 26.8. The van der Waals surface area contributed by atoms with Gasteiger partial charge in [0.2, 0.25) is 0 Å². The molecule has 0 aromatic heterocycles. The molecule has 0 spiro atoms. The third-order valence-electron chi connectivity index (χ3n) is 3.71. The number of Topliss-reactive ketones (excluding diaryl/α,β-unsaturated/α-hetero) is 1. The molecule has 260 valence electrons. The normalized spacial score (nSPS) is 10.3. The number of rotatable bonds is 15. The Kier molecular flexibility index (Phi) is 35.1. The van der Waals surface area contributed by atoms with Crippen molar-refractivity contribution in [2.45, 2.75) is 74.5 Å². The number of ketones is 1. The summed E-state index contributed by atoms with van der Waals surface area (Å²) in [6.07, 6.45) is -1.30. The molecule has 0 rings (SSSR count). The van der Waals surface area contributed by atoms with Crippen LogP contribution in [0.15, 0.2) is 48.6 Å². The van der Waals surface area contributed by atoms with Gasteiger partial charge in [-0.1, -0.05) is 33.7 Å². The molecule has 0 saturated heterocycles. The number of hydrogen-bond acceptors (Lipinski definition) is 14. The van der Waals surface area contributed by atoms with Crippen LogP contribution < -0.4 is 0 Å². The molecular formula is C31H52O14. The lowest BCUT2D eigenvalue weighted by Crippen LogP contribution is -2.18. The minimum atomic E-state index is -0.617. The SMILES string of the molecule is C.C=C(C)C(=O)OC(C)CO.C=C(C)C(=O)OCC(C)O.C=C(C)C(=O)OCCO.C=C(C)C(=O)OCCOC(=O)CC(C)=O. The third-order valence-corrected chi connectivity index (χ3v) is 3.71. The van der Waals surface area contributed by atoms with E-state index in [4.69, 9.17) is 15.3 Å². The first-order valence-electron chi connectivity index (χ1n) is 13.1. The highest BCUT2D eigenvalue weighted by atomic mass is 16.6. The molecule has 45 heavy (non-hydrogen) atoms. The van der Waals surface area contributed by atoms with E-state index < -0.39 is 42.1 Å². The van der Waals surface area contributed by atoms with Gasteiger partial charge in [0.15, 0.2) is 0 Å². The van der Waals surface area contributed by atoms with E-state index in [0.717, 1.165) is 0 Å². The van der Waals surface area contributed by atoms with Gasteiger partial charge >= 0.3 is 29.8 Å². The number of hydrogen-bond donors (Lipinski definition) is 3. The molecule has 2 atom stereocenters.